The van der Waals surface area contributed by atoms with Crippen molar-refractivity contribution in [2.24, 2.45) is 0 Å². The minimum atomic E-state index is -1.14. The van der Waals surface area contributed by atoms with Crippen molar-refractivity contribution in [1.82, 2.24) is 9.78 Å². The van der Waals surface area contributed by atoms with Crippen LogP contribution in [-0.4, -0.2) is 28.0 Å². The highest BCUT2D eigenvalue weighted by atomic mass is 19.1. The maximum Gasteiger partial charge on any atom is 0.356 e. The number of aromatic nitrogens is 2. The maximum atomic E-state index is 13.6. The third-order valence-electron chi connectivity index (χ3n) is 2.81. The van der Waals surface area contributed by atoms with E-state index in [9.17, 15) is 9.18 Å². The number of benzene rings is 1. The van der Waals surface area contributed by atoms with Gasteiger partial charge in [-0.3, -0.25) is 0 Å². The lowest BCUT2D eigenvalue weighted by atomic mass is 10.2. The fourth-order valence-corrected chi connectivity index (χ4v) is 1.89. The number of hydrogen-bond donors (Lipinski definition) is 1. The van der Waals surface area contributed by atoms with Crippen molar-refractivity contribution in [2.75, 3.05) is 7.11 Å². The highest BCUT2D eigenvalue weighted by Crippen LogP contribution is 2.23. The summed E-state index contributed by atoms with van der Waals surface area (Å²) in [5.41, 5.74) is 0.750. The Hall–Kier alpha value is -2.37. The van der Waals surface area contributed by atoms with E-state index in [1.807, 2.05) is 0 Å². The first-order chi connectivity index (χ1) is 9.04. The molecule has 0 aliphatic heterocycles. The molecule has 1 aromatic heterocycles. The smallest absolute Gasteiger partial charge is 0.356 e. The molecule has 0 atom stereocenters. The molecule has 0 radical (unpaired) electrons. The lowest BCUT2D eigenvalue weighted by molar-refractivity contribution is 0.0688. The number of carboxylic acids is 1. The molecule has 5 nitrogen and oxygen atoms in total. The Morgan fingerprint density at radius 3 is 2.74 bits per heavy atom. The average molecular weight is 264 g/mol. The van der Waals surface area contributed by atoms with Crippen molar-refractivity contribution in [3.8, 4) is 5.88 Å². The van der Waals surface area contributed by atoms with Gasteiger partial charge in [0.05, 0.1) is 13.7 Å². The lowest BCUT2D eigenvalue weighted by Gasteiger charge is -2.07. The van der Waals surface area contributed by atoms with Gasteiger partial charge in [0, 0.05) is 11.1 Å². The fourth-order valence-electron chi connectivity index (χ4n) is 1.89. The van der Waals surface area contributed by atoms with Crippen LogP contribution in [0.5, 0.6) is 5.88 Å². The van der Waals surface area contributed by atoms with E-state index in [0.717, 1.165) is 0 Å². The summed E-state index contributed by atoms with van der Waals surface area (Å²) in [6.45, 7) is 1.72. The van der Waals surface area contributed by atoms with Gasteiger partial charge >= 0.3 is 5.97 Å². The van der Waals surface area contributed by atoms with Crippen LogP contribution >= 0.6 is 0 Å². The summed E-state index contributed by atoms with van der Waals surface area (Å²) in [5.74, 6) is -1.18. The monoisotopic (exact) mass is 264 g/mol. The highest BCUT2D eigenvalue weighted by Gasteiger charge is 2.20. The Morgan fingerprint density at radius 1 is 1.47 bits per heavy atom. The molecule has 1 aromatic carbocycles. The van der Waals surface area contributed by atoms with Crippen LogP contribution in [0.2, 0.25) is 0 Å². The molecule has 100 valence electrons. The summed E-state index contributed by atoms with van der Waals surface area (Å²) in [5, 5.41) is 13.0. The zero-order chi connectivity index (χ0) is 14.0. The zero-order valence-electron chi connectivity index (χ0n) is 10.6. The molecule has 0 saturated heterocycles. The standard InChI is InChI=1S/C13H13FN2O3/c1-8-11(13(17)18)15-16(12(8)19-2)7-9-5-3-4-6-10(9)14/h3-6H,7H2,1-2H3,(H,17,18). The van der Waals surface area contributed by atoms with Crippen LogP contribution in [0.25, 0.3) is 0 Å². The number of hydrogen-bond acceptors (Lipinski definition) is 3. The molecule has 1 N–H and O–H groups in total. The fraction of sp³-hybridized carbons (Fsp3) is 0.231. The Labute approximate surface area is 109 Å². The van der Waals surface area contributed by atoms with E-state index in [1.54, 1.807) is 25.1 Å². The second-order valence-corrected chi connectivity index (χ2v) is 4.04. The van der Waals surface area contributed by atoms with Crippen LogP contribution in [-0.2, 0) is 6.54 Å². The molecule has 19 heavy (non-hydrogen) atoms. The third-order valence-corrected chi connectivity index (χ3v) is 2.81. The molecule has 0 saturated carbocycles. The van der Waals surface area contributed by atoms with Crippen LogP contribution in [0, 0.1) is 12.7 Å². The summed E-state index contributed by atoms with van der Waals surface area (Å²) < 4.78 is 20.1. The minimum absolute atomic E-state index is 0.0896. The molecule has 1 heterocycles. The van der Waals surface area contributed by atoms with Gasteiger partial charge in [0.1, 0.15) is 5.82 Å². The predicted octanol–water partition coefficient (Wildman–Crippen LogP) is 2.09. The first-order valence-corrected chi connectivity index (χ1v) is 5.62. The van der Waals surface area contributed by atoms with Gasteiger partial charge in [-0.25, -0.2) is 13.9 Å². The van der Waals surface area contributed by atoms with E-state index < -0.39 is 5.97 Å². The van der Waals surface area contributed by atoms with Gasteiger partial charge in [0.2, 0.25) is 5.88 Å². The normalized spacial score (nSPS) is 10.5. The van der Waals surface area contributed by atoms with Crippen molar-refractivity contribution in [3.63, 3.8) is 0 Å². The van der Waals surface area contributed by atoms with E-state index >= 15 is 0 Å². The number of rotatable bonds is 4. The summed E-state index contributed by atoms with van der Waals surface area (Å²) >= 11 is 0. The molecule has 0 fully saturated rings. The minimum Gasteiger partial charge on any atom is -0.481 e. The Bertz CT molecular complexity index is 622. The number of aromatic carboxylic acids is 1. The van der Waals surface area contributed by atoms with E-state index in [4.69, 9.17) is 9.84 Å². The number of methoxy groups -OCH3 is 1. The zero-order valence-corrected chi connectivity index (χ0v) is 10.6. The summed E-state index contributed by atoms with van der Waals surface area (Å²) in [6, 6.07) is 6.26. The van der Waals surface area contributed by atoms with Crippen LogP contribution in [0.4, 0.5) is 4.39 Å². The first kappa shape index (κ1) is 13.1. The topological polar surface area (TPSA) is 64.3 Å². The van der Waals surface area contributed by atoms with Crippen LogP contribution in [0.1, 0.15) is 21.6 Å². The van der Waals surface area contributed by atoms with Crippen molar-refractivity contribution in [2.45, 2.75) is 13.5 Å². The lowest BCUT2D eigenvalue weighted by Crippen LogP contribution is -2.07. The predicted molar refractivity (Wildman–Crippen MR) is 66.0 cm³/mol. The molecule has 6 heteroatoms. The van der Waals surface area contributed by atoms with Crippen molar-refractivity contribution in [3.05, 3.63) is 46.9 Å². The number of nitrogens with zero attached hydrogens (tertiary/aromatic N) is 2. The number of carboxylic acid groups (broad SMARTS) is 1. The molecular formula is C13H13FN2O3. The highest BCUT2D eigenvalue weighted by molar-refractivity contribution is 5.87. The van der Waals surface area contributed by atoms with Gasteiger partial charge < -0.3 is 9.84 Å². The molecule has 0 aliphatic rings. The van der Waals surface area contributed by atoms with Crippen molar-refractivity contribution in [1.29, 1.82) is 0 Å². The Balaban J connectivity index is 2.43. The second-order valence-electron chi connectivity index (χ2n) is 4.04. The van der Waals surface area contributed by atoms with E-state index in [2.05, 4.69) is 5.10 Å². The molecule has 0 amide bonds. The number of carbonyl (C=O) groups is 1. The van der Waals surface area contributed by atoms with Gasteiger partial charge in [-0.2, -0.15) is 5.10 Å². The van der Waals surface area contributed by atoms with Crippen molar-refractivity contribution < 1.29 is 19.0 Å². The van der Waals surface area contributed by atoms with Crippen molar-refractivity contribution >= 4 is 5.97 Å². The third kappa shape index (κ3) is 2.42. The molecule has 0 unspecified atom stereocenters. The molecule has 2 rings (SSSR count). The van der Waals surface area contributed by atoms with Gasteiger partial charge in [0.15, 0.2) is 5.69 Å². The number of halogens is 1. The molecule has 0 bridgehead atoms. The quantitative estimate of drug-likeness (QED) is 0.918. The van der Waals surface area contributed by atoms with E-state index in [-0.39, 0.29) is 18.1 Å². The summed E-state index contributed by atoms with van der Waals surface area (Å²) in [4.78, 5) is 11.0. The summed E-state index contributed by atoms with van der Waals surface area (Å²) in [7, 11) is 1.42. The number of ether oxygens (including phenoxy) is 1. The van der Waals surface area contributed by atoms with Crippen LogP contribution < -0.4 is 4.74 Å². The molecule has 2 aromatic rings. The van der Waals surface area contributed by atoms with E-state index in [1.165, 1.54) is 17.9 Å². The van der Waals surface area contributed by atoms with Gasteiger partial charge in [0.25, 0.3) is 0 Å². The second kappa shape index (κ2) is 5.09. The Kier molecular flexibility index (Phi) is 3.50. The SMILES string of the molecule is COc1c(C)c(C(=O)O)nn1Cc1ccccc1F. The maximum absolute atomic E-state index is 13.6. The Morgan fingerprint density at radius 2 is 2.16 bits per heavy atom. The summed E-state index contributed by atoms with van der Waals surface area (Å²) in [6.07, 6.45) is 0. The average Bonchev–Trinajstić information content (AvgIpc) is 2.68. The van der Waals surface area contributed by atoms with Crippen LogP contribution in [0.15, 0.2) is 24.3 Å². The van der Waals surface area contributed by atoms with Crippen LogP contribution in [0.3, 0.4) is 0 Å². The molecule has 0 spiro atoms. The molecular weight excluding hydrogens is 251 g/mol. The van der Waals surface area contributed by atoms with Gasteiger partial charge in [-0.05, 0) is 13.0 Å². The first-order valence-electron chi connectivity index (χ1n) is 5.62. The van der Waals surface area contributed by atoms with Gasteiger partial charge in [-0.15, -0.1) is 0 Å². The van der Waals surface area contributed by atoms with Gasteiger partial charge in [-0.1, -0.05) is 18.2 Å². The van der Waals surface area contributed by atoms with E-state index in [0.29, 0.717) is 17.0 Å². The molecule has 0 aliphatic carbocycles. The largest absolute Gasteiger partial charge is 0.481 e.